The van der Waals surface area contributed by atoms with E-state index in [0.29, 0.717) is 17.9 Å². The van der Waals surface area contributed by atoms with Crippen molar-refractivity contribution in [3.05, 3.63) is 83.5 Å². The molecule has 1 aliphatic carbocycles. The Bertz CT molecular complexity index is 1220. The van der Waals surface area contributed by atoms with Crippen molar-refractivity contribution in [3.8, 4) is 11.1 Å². The summed E-state index contributed by atoms with van der Waals surface area (Å²) >= 11 is 0. The monoisotopic (exact) mass is 588 g/mol. The number of aryl methyl sites for hydroxylation is 2. The third-order valence-electron chi connectivity index (χ3n) is 8.91. The molecule has 1 aliphatic rings. The third-order valence-corrected chi connectivity index (χ3v) is 8.91. The van der Waals surface area contributed by atoms with Gasteiger partial charge >= 0.3 is 11.9 Å². The predicted octanol–water partition coefficient (Wildman–Crippen LogP) is 8.66. The lowest BCUT2D eigenvalue weighted by molar-refractivity contribution is -0.144. The van der Waals surface area contributed by atoms with Gasteiger partial charge in [0, 0.05) is 11.5 Å². The fourth-order valence-corrected chi connectivity index (χ4v) is 5.94. The van der Waals surface area contributed by atoms with Gasteiger partial charge in [-0.25, -0.2) is 9.59 Å². The average molecular weight is 589 g/mol. The Labute approximate surface area is 259 Å². The van der Waals surface area contributed by atoms with E-state index in [0.717, 1.165) is 17.9 Å². The summed E-state index contributed by atoms with van der Waals surface area (Å²) in [6, 6.07) is 15.6. The lowest BCUT2D eigenvalue weighted by Gasteiger charge is -2.29. The normalized spacial score (nSPS) is 18.0. The molecule has 0 heterocycles. The Hall–Kier alpha value is -3.18. The number of carbonyl (C=O) groups is 2. The molecule has 0 spiro atoms. The van der Waals surface area contributed by atoms with E-state index < -0.39 is 18.0 Å². The van der Waals surface area contributed by atoms with Crippen molar-refractivity contribution in [2.75, 3.05) is 13.2 Å². The summed E-state index contributed by atoms with van der Waals surface area (Å²) in [5.74, 6) is 0.297. The first kappa shape index (κ1) is 34.3. The van der Waals surface area contributed by atoms with Crippen molar-refractivity contribution >= 4 is 11.9 Å². The van der Waals surface area contributed by atoms with Crippen LogP contribution < -0.4 is 0 Å². The van der Waals surface area contributed by atoms with E-state index in [1.807, 2.05) is 0 Å². The van der Waals surface area contributed by atoms with Gasteiger partial charge in [0.15, 0.2) is 0 Å². The predicted molar refractivity (Wildman–Crippen MR) is 175 cm³/mol. The van der Waals surface area contributed by atoms with Gasteiger partial charge in [0.25, 0.3) is 0 Å². The molecular weight excluding hydrogens is 536 g/mol. The van der Waals surface area contributed by atoms with Crippen LogP contribution in [0, 0.1) is 18.8 Å². The maximum Gasteiger partial charge on any atom is 0.336 e. The van der Waals surface area contributed by atoms with Gasteiger partial charge in [-0.3, -0.25) is 0 Å². The number of esters is 2. The number of unbranched alkanes of at least 4 members (excludes halogenated alkanes) is 2. The molecule has 0 saturated heterocycles. The highest BCUT2D eigenvalue weighted by Gasteiger charge is 2.23. The Morgan fingerprint density at radius 1 is 0.953 bits per heavy atom. The van der Waals surface area contributed by atoms with Gasteiger partial charge in [-0.05, 0) is 98.9 Å². The zero-order chi connectivity index (χ0) is 31.4. The summed E-state index contributed by atoms with van der Waals surface area (Å²) in [4.78, 5) is 24.1. The van der Waals surface area contributed by atoms with Crippen LogP contribution in [0.25, 0.3) is 11.1 Å². The van der Waals surface area contributed by atoms with E-state index >= 15 is 0 Å². The molecule has 2 unspecified atom stereocenters. The molecule has 1 N–H and O–H groups in total. The summed E-state index contributed by atoms with van der Waals surface area (Å²) in [5.41, 5.74) is 6.74. The van der Waals surface area contributed by atoms with Gasteiger partial charge in [-0.1, -0.05) is 88.2 Å². The zero-order valence-electron chi connectivity index (χ0n) is 26.8. The maximum absolute atomic E-state index is 12.2. The fraction of sp³-hybridized carbons (Fsp3) is 0.526. The lowest BCUT2D eigenvalue weighted by Crippen LogP contribution is -2.24. The number of rotatable bonds is 16. The van der Waals surface area contributed by atoms with Crippen LogP contribution in [0.15, 0.2) is 66.8 Å². The summed E-state index contributed by atoms with van der Waals surface area (Å²) in [5, 5.41) is 9.60. The number of carbonyl (C=O) groups excluding carboxylic acids is 2. The van der Waals surface area contributed by atoms with Crippen molar-refractivity contribution in [2.24, 2.45) is 11.8 Å². The number of ether oxygens (including phenoxy) is 2. The molecule has 3 rings (SSSR count). The van der Waals surface area contributed by atoms with Crippen LogP contribution in [-0.2, 0) is 25.5 Å². The van der Waals surface area contributed by atoms with E-state index in [2.05, 4.69) is 69.5 Å². The maximum atomic E-state index is 12.2. The second kappa shape index (κ2) is 17.2. The molecule has 0 amide bonds. The Morgan fingerprint density at radius 3 is 2.19 bits per heavy atom. The van der Waals surface area contributed by atoms with E-state index in [1.54, 1.807) is 6.92 Å². The second-order valence-corrected chi connectivity index (χ2v) is 12.6. The van der Waals surface area contributed by atoms with Crippen molar-refractivity contribution in [1.82, 2.24) is 0 Å². The summed E-state index contributed by atoms with van der Waals surface area (Å²) in [7, 11) is 0. The fourth-order valence-electron chi connectivity index (χ4n) is 5.94. The highest BCUT2D eigenvalue weighted by molar-refractivity contribution is 5.88. The van der Waals surface area contributed by atoms with Gasteiger partial charge < -0.3 is 14.6 Å². The lowest BCUT2D eigenvalue weighted by atomic mass is 9.76. The number of benzene rings is 2. The number of aliphatic hydroxyl groups excluding tert-OH is 1. The van der Waals surface area contributed by atoms with E-state index in [4.69, 9.17) is 9.47 Å². The van der Waals surface area contributed by atoms with Crippen molar-refractivity contribution in [2.45, 2.75) is 104 Å². The molecule has 43 heavy (non-hydrogen) atoms. The van der Waals surface area contributed by atoms with Crippen LogP contribution in [0.4, 0.5) is 0 Å². The van der Waals surface area contributed by atoms with Crippen molar-refractivity contribution in [1.29, 1.82) is 0 Å². The smallest absolute Gasteiger partial charge is 0.336 e. The summed E-state index contributed by atoms with van der Waals surface area (Å²) < 4.78 is 10.7. The molecule has 2 atom stereocenters. The van der Waals surface area contributed by atoms with Crippen LogP contribution in [0.1, 0.15) is 101 Å². The Balaban J connectivity index is 1.57. The largest absolute Gasteiger partial charge is 0.462 e. The number of aliphatic hydroxyl groups is 1. The van der Waals surface area contributed by atoms with E-state index in [1.165, 1.54) is 80.5 Å². The van der Waals surface area contributed by atoms with Crippen LogP contribution in [-0.4, -0.2) is 36.4 Å². The number of hydrogen-bond donors (Lipinski definition) is 1. The molecule has 5 heteroatoms. The first-order valence-electron chi connectivity index (χ1n) is 16.1. The third kappa shape index (κ3) is 10.8. The minimum Gasteiger partial charge on any atom is -0.462 e. The molecule has 1 saturated carbocycles. The van der Waals surface area contributed by atoms with E-state index in [9.17, 15) is 14.7 Å². The molecule has 2 aromatic carbocycles. The van der Waals surface area contributed by atoms with Crippen LogP contribution >= 0.6 is 0 Å². The molecule has 1 fully saturated rings. The SMILES string of the molecule is C=C(C)C(=O)OCC(CCc1ccc(-c2ccc(C3CCC(CCCCC)CC3)cc2C)cc1)COC(=O)C(=C)C(C)O. The molecule has 234 valence electrons. The first-order chi connectivity index (χ1) is 20.6. The van der Waals surface area contributed by atoms with Crippen LogP contribution in [0.5, 0.6) is 0 Å². The highest BCUT2D eigenvalue weighted by atomic mass is 16.5. The van der Waals surface area contributed by atoms with Gasteiger partial charge in [-0.2, -0.15) is 0 Å². The Morgan fingerprint density at radius 2 is 1.60 bits per heavy atom. The minimum atomic E-state index is -0.981. The molecule has 0 aliphatic heterocycles. The van der Waals surface area contributed by atoms with Gasteiger partial charge in [0.1, 0.15) is 0 Å². The standard InChI is InChI=1S/C38H52O5/c1-7-8-9-10-30-13-17-33(18-14-30)35-21-22-36(27(4)23-35)34-19-15-31(16-20-34)11-12-32(24-42-37(40)26(2)3)25-43-38(41)28(5)29(6)39/h15-16,19-23,29-30,32-33,39H,2,5,7-14,17-18,24-25H2,1,3-4,6H3. The average Bonchev–Trinajstić information content (AvgIpc) is 3.00. The van der Waals surface area contributed by atoms with Crippen molar-refractivity contribution in [3.63, 3.8) is 0 Å². The van der Waals surface area contributed by atoms with Crippen molar-refractivity contribution < 1.29 is 24.2 Å². The number of hydrogen-bond acceptors (Lipinski definition) is 5. The zero-order valence-corrected chi connectivity index (χ0v) is 26.8. The summed E-state index contributed by atoms with van der Waals surface area (Å²) in [6.07, 6.45) is 11.3. The minimum absolute atomic E-state index is 0.00165. The molecule has 5 nitrogen and oxygen atoms in total. The Kier molecular flexibility index (Phi) is 13.7. The van der Waals surface area contributed by atoms with Crippen LogP contribution in [0.3, 0.4) is 0 Å². The summed E-state index contributed by atoms with van der Waals surface area (Å²) in [6.45, 7) is 15.0. The molecule has 0 radical (unpaired) electrons. The molecule has 0 bridgehead atoms. The first-order valence-corrected chi connectivity index (χ1v) is 16.1. The second-order valence-electron chi connectivity index (χ2n) is 12.6. The quantitative estimate of drug-likeness (QED) is 0.121. The highest BCUT2D eigenvalue weighted by Crippen LogP contribution is 2.39. The molecule has 0 aromatic heterocycles. The van der Waals surface area contributed by atoms with Crippen LogP contribution in [0.2, 0.25) is 0 Å². The topological polar surface area (TPSA) is 72.8 Å². The van der Waals surface area contributed by atoms with Gasteiger partial charge in [0.2, 0.25) is 0 Å². The molecule has 2 aromatic rings. The van der Waals surface area contributed by atoms with Gasteiger partial charge in [0.05, 0.1) is 24.9 Å². The van der Waals surface area contributed by atoms with Gasteiger partial charge in [-0.15, -0.1) is 0 Å². The van der Waals surface area contributed by atoms with E-state index in [-0.39, 0.29) is 24.7 Å². The molecular formula is C38H52O5.